The minimum atomic E-state index is 0.0582. The maximum atomic E-state index is 13.2. The molecular weight excluding hydrogens is 326 g/mol. The second-order valence-corrected chi connectivity index (χ2v) is 8.01. The van der Waals surface area contributed by atoms with Gasteiger partial charge >= 0.3 is 0 Å². The smallest absolute Gasteiger partial charge is 0.272 e. The van der Waals surface area contributed by atoms with Gasteiger partial charge < -0.3 is 14.5 Å². The molecule has 0 N–H and O–H groups in total. The van der Waals surface area contributed by atoms with E-state index in [4.69, 9.17) is 4.74 Å². The molecule has 0 saturated carbocycles. The molecular formula is C21H27N3O2. The van der Waals surface area contributed by atoms with Crippen molar-refractivity contribution < 1.29 is 9.53 Å². The van der Waals surface area contributed by atoms with Crippen LogP contribution >= 0.6 is 0 Å². The minimum absolute atomic E-state index is 0.0582. The van der Waals surface area contributed by atoms with Crippen LogP contribution in [0.4, 0.5) is 0 Å². The van der Waals surface area contributed by atoms with Crippen molar-refractivity contribution in [3.63, 3.8) is 0 Å². The van der Waals surface area contributed by atoms with Crippen LogP contribution in [0.1, 0.15) is 23.3 Å². The van der Waals surface area contributed by atoms with E-state index < -0.39 is 0 Å². The van der Waals surface area contributed by atoms with E-state index in [0.717, 1.165) is 56.6 Å². The number of benzene rings is 1. The molecule has 2 fully saturated rings. The highest BCUT2D eigenvalue weighted by atomic mass is 16.5. The Hall–Kier alpha value is -1.98. The first kappa shape index (κ1) is 17.4. The highest BCUT2D eigenvalue weighted by Crippen LogP contribution is 2.44. The molecule has 1 amide bonds. The van der Waals surface area contributed by atoms with Gasteiger partial charge in [0.25, 0.3) is 5.91 Å². The van der Waals surface area contributed by atoms with E-state index in [1.165, 1.54) is 0 Å². The number of aromatic nitrogens is 1. The van der Waals surface area contributed by atoms with Crippen molar-refractivity contribution in [1.82, 2.24) is 14.8 Å². The zero-order valence-electron chi connectivity index (χ0n) is 15.6. The normalized spacial score (nSPS) is 22.4. The second kappa shape index (κ2) is 6.97. The molecule has 2 saturated heterocycles. The average Bonchev–Trinajstić information content (AvgIpc) is 2.98. The summed E-state index contributed by atoms with van der Waals surface area (Å²) < 4.78 is 5.61. The van der Waals surface area contributed by atoms with Gasteiger partial charge in [0, 0.05) is 38.2 Å². The summed E-state index contributed by atoms with van der Waals surface area (Å²) in [6, 6.07) is 11.8. The molecule has 0 bridgehead atoms. The lowest BCUT2D eigenvalue weighted by atomic mass is 9.72. The Balaban J connectivity index is 1.59. The minimum Gasteiger partial charge on any atom is -0.381 e. The van der Waals surface area contributed by atoms with Crippen LogP contribution in [0.15, 0.2) is 36.4 Å². The van der Waals surface area contributed by atoms with Crippen LogP contribution in [0.2, 0.25) is 0 Å². The van der Waals surface area contributed by atoms with E-state index in [-0.39, 0.29) is 11.3 Å². The van der Waals surface area contributed by atoms with E-state index in [9.17, 15) is 4.79 Å². The summed E-state index contributed by atoms with van der Waals surface area (Å²) in [5, 5.41) is 1.07. The van der Waals surface area contributed by atoms with Gasteiger partial charge in [0.15, 0.2) is 0 Å². The van der Waals surface area contributed by atoms with Crippen molar-refractivity contribution >= 4 is 16.8 Å². The standard InChI is InChI=1S/C21H27N3O2/c1-23(2)13-17-14-24(15-21(17)9-11-26-12-10-21)20(25)19-8-7-16-5-3-4-6-18(16)22-19/h3-8,17H,9-15H2,1-2H3/t17-/m1/s1. The summed E-state index contributed by atoms with van der Waals surface area (Å²) in [5.74, 6) is 0.550. The molecule has 26 heavy (non-hydrogen) atoms. The summed E-state index contributed by atoms with van der Waals surface area (Å²) in [5.41, 5.74) is 1.62. The fourth-order valence-electron chi connectivity index (χ4n) is 4.57. The highest BCUT2D eigenvalue weighted by Gasteiger charge is 2.48. The first-order chi connectivity index (χ1) is 12.6. The monoisotopic (exact) mass is 353 g/mol. The molecule has 1 atom stereocenters. The molecule has 1 spiro atoms. The Morgan fingerprint density at radius 2 is 2.00 bits per heavy atom. The molecule has 0 radical (unpaired) electrons. The molecule has 2 aromatic rings. The van der Waals surface area contributed by atoms with Crippen LogP contribution in [-0.2, 0) is 4.74 Å². The maximum Gasteiger partial charge on any atom is 0.272 e. The van der Waals surface area contributed by atoms with E-state index in [2.05, 4.69) is 24.0 Å². The highest BCUT2D eigenvalue weighted by molar-refractivity contribution is 5.95. The molecule has 1 aromatic heterocycles. The fraction of sp³-hybridized carbons (Fsp3) is 0.524. The van der Waals surface area contributed by atoms with Crippen molar-refractivity contribution in [1.29, 1.82) is 0 Å². The molecule has 0 unspecified atom stereocenters. The number of carbonyl (C=O) groups excluding carboxylic acids is 1. The number of amides is 1. The van der Waals surface area contributed by atoms with Gasteiger partial charge in [-0.2, -0.15) is 0 Å². The number of fused-ring (bicyclic) bond motifs is 1. The largest absolute Gasteiger partial charge is 0.381 e. The maximum absolute atomic E-state index is 13.2. The quantitative estimate of drug-likeness (QED) is 0.851. The summed E-state index contributed by atoms with van der Waals surface area (Å²) in [6.07, 6.45) is 2.08. The van der Waals surface area contributed by atoms with Gasteiger partial charge in [0.2, 0.25) is 0 Å². The molecule has 3 heterocycles. The van der Waals surface area contributed by atoms with Gasteiger partial charge in [0.1, 0.15) is 5.69 Å². The van der Waals surface area contributed by atoms with Crippen molar-refractivity contribution in [3.05, 3.63) is 42.1 Å². The summed E-state index contributed by atoms with van der Waals surface area (Å²) in [4.78, 5) is 22.0. The SMILES string of the molecule is CN(C)C[C@@H]1CN(C(=O)c2ccc3ccccc3n2)CC12CCOCC2. The van der Waals surface area contributed by atoms with E-state index >= 15 is 0 Å². The van der Waals surface area contributed by atoms with Crippen molar-refractivity contribution in [2.75, 3.05) is 46.9 Å². The number of para-hydroxylation sites is 1. The van der Waals surface area contributed by atoms with Crippen LogP contribution in [0.3, 0.4) is 0 Å². The summed E-state index contributed by atoms with van der Waals surface area (Å²) >= 11 is 0. The van der Waals surface area contributed by atoms with E-state index in [1.807, 2.05) is 41.3 Å². The molecule has 2 aliphatic rings. The Morgan fingerprint density at radius 1 is 1.23 bits per heavy atom. The van der Waals surface area contributed by atoms with Gasteiger partial charge in [0.05, 0.1) is 5.52 Å². The number of hydrogen-bond acceptors (Lipinski definition) is 4. The predicted molar refractivity (Wildman–Crippen MR) is 102 cm³/mol. The zero-order chi connectivity index (χ0) is 18.1. The van der Waals surface area contributed by atoms with E-state index in [1.54, 1.807) is 0 Å². The molecule has 5 heteroatoms. The lowest BCUT2D eigenvalue weighted by Crippen LogP contribution is -2.40. The lowest BCUT2D eigenvalue weighted by molar-refractivity contribution is -0.00453. The third-order valence-electron chi connectivity index (χ3n) is 5.99. The number of nitrogens with zero attached hydrogens (tertiary/aromatic N) is 3. The van der Waals surface area contributed by atoms with Crippen LogP contribution in [0, 0.1) is 11.3 Å². The van der Waals surface area contributed by atoms with Crippen LogP contribution < -0.4 is 0 Å². The summed E-state index contributed by atoms with van der Waals surface area (Å²) in [6.45, 7) is 4.25. The Morgan fingerprint density at radius 3 is 2.77 bits per heavy atom. The molecule has 138 valence electrons. The Labute approximate surface area is 154 Å². The number of carbonyl (C=O) groups is 1. The average molecular weight is 353 g/mol. The van der Waals surface area contributed by atoms with E-state index in [0.29, 0.717) is 11.6 Å². The van der Waals surface area contributed by atoms with Gasteiger partial charge in [-0.05, 0) is 50.4 Å². The molecule has 4 rings (SSSR count). The molecule has 2 aliphatic heterocycles. The van der Waals surface area contributed by atoms with Gasteiger partial charge in [-0.3, -0.25) is 4.79 Å². The van der Waals surface area contributed by atoms with Gasteiger partial charge in [-0.15, -0.1) is 0 Å². The lowest BCUT2D eigenvalue weighted by Gasteiger charge is -2.38. The number of pyridine rings is 1. The molecule has 0 aliphatic carbocycles. The van der Waals surface area contributed by atoms with Gasteiger partial charge in [-0.1, -0.05) is 24.3 Å². The van der Waals surface area contributed by atoms with Crippen LogP contribution in [0.25, 0.3) is 10.9 Å². The third kappa shape index (κ3) is 3.21. The Bertz CT molecular complexity index is 799. The number of rotatable bonds is 3. The van der Waals surface area contributed by atoms with Crippen molar-refractivity contribution in [2.45, 2.75) is 12.8 Å². The fourth-order valence-corrected chi connectivity index (χ4v) is 4.57. The van der Waals surface area contributed by atoms with Crippen LogP contribution in [-0.4, -0.2) is 67.6 Å². The van der Waals surface area contributed by atoms with Crippen LogP contribution in [0.5, 0.6) is 0 Å². The second-order valence-electron chi connectivity index (χ2n) is 8.01. The predicted octanol–water partition coefficient (Wildman–Crippen LogP) is 2.67. The van der Waals surface area contributed by atoms with Crippen molar-refractivity contribution in [3.8, 4) is 0 Å². The number of likely N-dealkylation sites (tertiary alicyclic amines) is 1. The summed E-state index contributed by atoms with van der Waals surface area (Å²) in [7, 11) is 4.23. The first-order valence-electron chi connectivity index (χ1n) is 9.45. The molecule has 5 nitrogen and oxygen atoms in total. The number of ether oxygens (including phenoxy) is 1. The first-order valence-corrected chi connectivity index (χ1v) is 9.45. The third-order valence-corrected chi connectivity index (χ3v) is 5.99. The van der Waals surface area contributed by atoms with Gasteiger partial charge in [-0.25, -0.2) is 4.98 Å². The number of hydrogen-bond donors (Lipinski definition) is 0. The topological polar surface area (TPSA) is 45.7 Å². The molecule has 1 aromatic carbocycles. The Kier molecular flexibility index (Phi) is 4.67. The van der Waals surface area contributed by atoms with Crippen molar-refractivity contribution in [2.24, 2.45) is 11.3 Å². The zero-order valence-corrected chi connectivity index (χ0v) is 15.6.